The molecule has 1 rings (SSSR count). The fourth-order valence-corrected chi connectivity index (χ4v) is 2.25. The van der Waals surface area contributed by atoms with Gasteiger partial charge in [-0.05, 0) is 41.1 Å². The standard InChI is InChI=1S/C11H11ClF2INO2/c1-2-18-9(17)4-8-7(15)3-6(5-12)10(16-8)11(13)14/h3,11H,2,4-5H2,1H3. The van der Waals surface area contributed by atoms with E-state index in [1.807, 2.05) is 22.6 Å². The number of carbonyl (C=O) groups is 1. The van der Waals surface area contributed by atoms with Crippen LogP contribution in [0.4, 0.5) is 8.78 Å². The van der Waals surface area contributed by atoms with Crippen molar-refractivity contribution in [3.8, 4) is 0 Å². The summed E-state index contributed by atoms with van der Waals surface area (Å²) in [7, 11) is 0. The van der Waals surface area contributed by atoms with Crippen molar-refractivity contribution in [3.05, 3.63) is 26.6 Å². The minimum absolute atomic E-state index is 0.0393. The minimum atomic E-state index is -2.71. The monoisotopic (exact) mass is 389 g/mol. The van der Waals surface area contributed by atoms with E-state index in [-0.39, 0.29) is 30.2 Å². The topological polar surface area (TPSA) is 39.2 Å². The van der Waals surface area contributed by atoms with E-state index in [4.69, 9.17) is 16.3 Å². The number of nitrogens with zero attached hydrogens (tertiary/aromatic N) is 1. The molecule has 0 radical (unpaired) electrons. The molecular formula is C11H11ClF2INO2. The molecule has 0 aliphatic rings. The van der Waals surface area contributed by atoms with Gasteiger partial charge >= 0.3 is 5.97 Å². The maximum absolute atomic E-state index is 12.8. The van der Waals surface area contributed by atoms with Crippen molar-refractivity contribution in [2.24, 2.45) is 0 Å². The third-order valence-electron chi connectivity index (χ3n) is 2.13. The Hall–Kier alpha value is -0.500. The summed E-state index contributed by atoms with van der Waals surface area (Å²) in [6.07, 6.45) is -2.83. The maximum Gasteiger partial charge on any atom is 0.311 e. The van der Waals surface area contributed by atoms with E-state index in [2.05, 4.69) is 4.98 Å². The van der Waals surface area contributed by atoms with Crippen molar-refractivity contribution >= 4 is 40.2 Å². The van der Waals surface area contributed by atoms with Crippen molar-refractivity contribution < 1.29 is 18.3 Å². The maximum atomic E-state index is 12.8. The second-order valence-electron chi connectivity index (χ2n) is 3.38. The quantitative estimate of drug-likeness (QED) is 0.440. The Bertz CT molecular complexity index is 443. The zero-order chi connectivity index (χ0) is 13.7. The first kappa shape index (κ1) is 15.6. The highest BCUT2D eigenvalue weighted by molar-refractivity contribution is 14.1. The molecule has 0 saturated carbocycles. The van der Waals surface area contributed by atoms with Crippen LogP contribution in [-0.2, 0) is 21.8 Å². The number of halogens is 4. The highest BCUT2D eigenvalue weighted by Crippen LogP contribution is 2.25. The van der Waals surface area contributed by atoms with Crippen LogP contribution in [0.25, 0.3) is 0 Å². The summed E-state index contributed by atoms with van der Waals surface area (Å²) in [5.74, 6) is -0.524. The van der Waals surface area contributed by atoms with Crippen LogP contribution in [-0.4, -0.2) is 17.6 Å². The van der Waals surface area contributed by atoms with Crippen molar-refractivity contribution in [3.63, 3.8) is 0 Å². The van der Waals surface area contributed by atoms with E-state index in [1.54, 1.807) is 6.92 Å². The molecule has 1 aromatic heterocycles. The van der Waals surface area contributed by atoms with E-state index in [9.17, 15) is 13.6 Å². The summed E-state index contributed by atoms with van der Waals surface area (Å²) in [6.45, 7) is 1.92. The first-order chi connectivity index (χ1) is 8.49. The molecule has 0 N–H and O–H groups in total. The summed E-state index contributed by atoms with van der Waals surface area (Å²) < 4.78 is 30.9. The lowest BCUT2D eigenvalue weighted by Gasteiger charge is -2.10. The largest absolute Gasteiger partial charge is 0.466 e. The average Bonchev–Trinajstić information content (AvgIpc) is 2.31. The fraction of sp³-hybridized carbons (Fsp3) is 0.455. The molecule has 0 fully saturated rings. The molecule has 1 heterocycles. The number of carbonyl (C=O) groups excluding carboxylic acids is 1. The van der Waals surface area contributed by atoms with E-state index >= 15 is 0 Å². The third-order valence-corrected chi connectivity index (χ3v) is 3.35. The summed E-state index contributed by atoms with van der Waals surface area (Å²) in [6, 6.07) is 1.52. The molecule has 1 aromatic rings. The highest BCUT2D eigenvalue weighted by Gasteiger charge is 2.19. The summed E-state index contributed by atoms with van der Waals surface area (Å²) >= 11 is 7.52. The number of hydrogen-bond acceptors (Lipinski definition) is 3. The number of ether oxygens (including phenoxy) is 1. The Morgan fingerprint density at radius 3 is 2.78 bits per heavy atom. The number of hydrogen-bond donors (Lipinski definition) is 0. The molecule has 0 aliphatic carbocycles. The minimum Gasteiger partial charge on any atom is -0.466 e. The van der Waals surface area contributed by atoms with Crippen molar-refractivity contribution in [1.29, 1.82) is 0 Å². The lowest BCUT2D eigenvalue weighted by atomic mass is 10.1. The number of alkyl halides is 3. The Morgan fingerprint density at radius 1 is 1.61 bits per heavy atom. The molecular weight excluding hydrogens is 378 g/mol. The Kier molecular flexibility index (Phi) is 6.20. The zero-order valence-electron chi connectivity index (χ0n) is 9.55. The molecule has 0 spiro atoms. The van der Waals surface area contributed by atoms with Crippen LogP contribution in [0.15, 0.2) is 6.07 Å². The van der Waals surface area contributed by atoms with Gasteiger partial charge in [-0.25, -0.2) is 13.8 Å². The lowest BCUT2D eigenvalue weighted by molar-refractivity contribution is -0.142. The number of aromatic nitrogens is 1. The summed E-state index contributed by atoms with van der Waals surface area (Å²) in [5.41, 5.74) is 0.201. The summed E-state index contributed by atoms with van der Waals surface area (Å²) in [4.78, 5) is 15.1. The van der Waals surface area contributed by atoms with Crippen LogP contribution in [0.2, 0.25) is 0 Å². The molecule has 0 saturated heterocycles. The number of rotatable bonds is 5. The molecule has 18 heavy (non-hydrogen) atoms. The van der Waals surface area contributed by atoms with Gasteiger partial charge in [0.25, 0.3) is 6.43 Å². The smallest absolute Gasteiger partial charge is 0.311 e. The van der Waals surface area contributed by atoms with Crippen LogP contribution in [0, 0.1) is 3.57 Å². The van der Waals surface area contributed by atoms with Gasteiger partial charge in [-0.15, -0.1) is 11.6 Å². The van der Waals surface area contributed by atoms with Crippen LogP contribution in [0.5, 0.6) is 0 Å². The normalized spacial score (nSPS) is 10.8. The van der Waals surface area contributed by atoms with Gasteiger partial charge in [-0.3, -0.25) is 4.79 Å². The molecule has 0 aliphatic heterocycles. The Morgan fingerprint density at radius 2 is 2.28 bits per heavy atom. The van der Waals surface area contributed by atoms with Crippen molar-refractivity contribution in [1.82, 2.24) is 4.98 Å². The summed E-state index contributed by atoms with van der Waals surface area (Å²) in [5, 5.41) is 0. The fourth-order valence-electron chi connectivity index (χ4n) is 1.35. The molecule has 0 atom stereocenters. The molecule has 7 heteroatoms. The molecule has 0 aromatic carbocycles. The molecule has 3 nitrogen and oxygen atoms in total. The number of pyridine rings is 1. The van der Waals surface area contributed by atoms with Gasteiger partial charge in [0.1, 0.15) is 5.69 Å². The predicted octanol–water partition coefficient (Wildman–Crippen LogP) is 3.47. The van der Waals surface area contributed by atoms with Gasteiger partial charge in [0.2, 0.25) is 0 Å². The first-order valence-electron chi connectivity index (χ1n) is 5.17. The van der Waals surface area contributed by atoms with E-state index in [0.29, 0.717) is 9.26 Å². The van der Waals surface area contributed by atoms with Gasteiger partial charge < -0.3 is 4.74 Å². The zero-order valence-corrected chi connectivity index (χ0v) is 12.5. The number of esters is 1. The predicted molar refractivity (Wildman–Crippen MR) is 71.8 cm³/mol. The van der Waals surface area contributed by atoms with Crippen LogP contribution in [0.1, 0.15) is 30.3 Å². The van der Waals surface area contributed by atoms with Gasteiger partial charge in [-0.2, -0.15) is 0 Å². The van der Waals surface area contributed by atoms with Gasteiger partial charge in [0, 0.05) is 9.45 Å². The molecule has 100 valence electrons. The third kappa shape index (κ3) is 4.01. The Labute approximate surface area is 122 Å². The van der Waals surface area contributed by atoms with E-state index in [1.165, 1.54) is 6.07 Å². The molecule has 0 amide bonds. The van der Waals surface area contributed by atoms with Crippen LogP contribution < -0.4 is 0 Å². The first-order valence-corrected chi connectivity index (χ1v) is 6.78. The van der Waals surface area contributed by atoms with E-state index < -0.39 is 12.4 Å². The van der Waals surface area contributed by atoms with Gasteiger partial charge in [0.15, 0.2) is 0 Å². The van der Waals surface area contributed by atoms with Crippen molar-refractivity contribution in [2.45, 2.75) is 25.7 Å². The van der Waals surface area contributed by atoms with E-state index in [0.717, 1.165) is 0 Å². The lowest BCUT2D eigenvalue weighted by Crippen LogP contribution is -2.12. The Balaban J connectivity index is 3.05. The SMILES string of the molecule is CCOC(=O)Cc1nc(C(F)F)c(CCl)cc1I. The second-order valence-corrected chi connectivity index (χ2v) is 4.81. The average molecular weight is 390 g/mol. The van der Waals surface area contributed by atoms with Gasteiger partial charge in [0.05, 0.1) is 18.7 Å². The highest BCUT2D eigenvalue weighted by atomic mass is 127. The molecule has 0 unspecified atom stereocenters. The van der Waals surface area contributed by atoms with Crippen LogP contribution >= 0.6 is 34.2 Å². The van der Waals surface area contributed by atoms with Crippen LogP contribution in [0.3, 0.4) is 0 Å². The molecule has 0 bridgehead atoms. The van der Waals surface area contributed by atoms with Gasteiger partial charge in [-0.1, -0.05) is 0 Å². The van der Waals surface area contributed by atoms with Crippen molar-refractivity contribution in [2.75, 3.05) is 6.61 Å². The second kappa shape index (κ2) is 7.18.